The van der Waals surface area contributed by atoms with Crippen LogP contribution in [0.2, 0.25) is 9.32 Å². The highest BCUT2D eigenvalue weighted by Crippen LogP contribution is 2.54. The zero-order chi connectivity index (χ0) is 6.41. The molecule has 34 valence electrons. The van der Waals surface area contributed by atoms with Crippen molar-refractivity contribution in [2.24, 2.45) is 0 Å². The zero-order valence-electron chi connectivity index (χ0n) is 4.15. The highest BCUT2D eigenvalue weighted by molar-refractivity contribution is 6.53. The largest absolute Gasteiger partial charge is 0.0454 e. The van der Waals surface area contributed by atoms with Crippen LogP contribution in [0.4, 0.5) is 0 Å². The molecule has 1 rings (SSSR count). The first-order valence-corrected chi connectivity index (χ1v) is 4.15. The van der Waals surface area contributed by atoms with Crippen LogP contribution in [0.5, 0.6) is 0 Å². The molecule has 0 spiro atoms. The first kappa shape index (κ1) is 6.98. The fraction of sp³-hybridized carbons (Fsp3) is 0.500. The van der Waals surface area contributed by atoms with E-state index < -0.39 is 0 Å². The molecular formula is C4H2Si4. The van der Waals surface area contributed by atoms with Crippen molar-refractivity contribution in [1.82, 2.24) is 0 Å². The molecule has 0 aromatic heterocycles. The van der Waals surface area contributed by atoms with E-state index in [0.717, 1.165) is 0 Å². The van der Waals surface area contributed by atoms with Crippen LogP contribution >= 0.6 is 0 Å². The second-order valence-corrected chi connectivity index (χ2v) is 6.34. The minimum absolute atomic E-state index is 0.0799. The van der Waals surface area contributed by atoms with E-state index in [1.807, 2.05) is 12.8 Å². The fourth-order valence-electron chi connectivity index (χ4n) is 0.705. The maximum Gasteiger partial charge on any atom is 0.0270 e. The predicted octanol–water partition coefficient (Wildman–Crippen LogP) is -0.685. The highest BCUT2D eigenvalue weighted by atomic mass is 28.2. The van der Waals surface area contributed by atoms with E-state index in [2.05, 4.69) is 41.0 Å². The summed E-state index contributed by atoms with van der Waals surface area (Å²) in [5.74, 6) is 0. The van der Waals surface area contributed by atoms with Gasteiger partial charge >= 0.3 is 0 Å². The Bertz CT molecular complexity index is 84.6. The monoisotopic (exact) mass is 162 g/mol. The molecule has 0 unspecified atom stereocenters. The van der Waals surface area contributed by atoms with Crippen LogP contribution in [0, 0.1) is 12.8 Å². The summed E-state index contributed by atoms with van der Waals surface area (Å²) in [6.07, 6.45) is 4.06. The molecule has 0 nitrogen and oxygen atoms in total. The van der Waals surface area contributed by atoms with Gasteiger partial charge < -0.3 is 0 Å². The van der Waals surface area contributed by atoms with Crippen LogP contribution in [0.1, 0.15) is 0 Å². The molecule has 1 saturated carbocycles. The Hall–Kier alpha value is 0.868. The standard InChI is InChI=1S/C4H2Si4/c5-3(6)1-4(7,8)2-3/h1-2H. The van der Waals surface area contributed by atoms with Gasteiger partial charge in [-0.05, 0) is 22.2 Å². The third kappa shape index (κ3) is 1.43. The molecular weight excluding hydrogens is 160 g/mol. The lowest BCUT2D eigenvalue weighted by Crippen LogP contribution is -2.39. The van der Waals surface area contributed by atoms with E-state index >= 15 is 0 Å². The smallest absolute Gasteiger partial charge is 0.0270 e. The second-order valence-electron chi connectivity index (χ2n) is 2.03. The van der Waals surface area contributed by atoms with Gasteiger partial charge in [-0.2, -0.15) is 0 Å². The molecule has 8 heavy (non-hydrogen) atoms. The molecule has 0 bridgehead atoms. The van der Waals surface area contributed by atoms with Crippen LogP contribution in [0.15, 0.2) is 0 Å². The quantitative estimate of drug-likeness (QED) is 0.414. The molecule has 1 aliphatic carbocycles. The van der Waals surface area contributed by atoms with Gasteiger partial charge in [0.1, 0.15) is 0 Å². The zero-order valence-corrected chi connectivity index (χ0v) is 8.15. The number of hydrogen-bond donors (Lipinski definition) is 0. The molecule has 4 heteroatoms. The van der Waals surface area contributed by atoms with Gasteiger partial charge in [-0.15, -0.1) is 0 Å². The number of rotatable bonds is 0. The predicted molar refractivity (Wildman–Crippen MR) is 37.0 cm³/mol. The molecule has 1 fully saturated rings. The average Bonchev–Trinajstić information content (AvgIpc) is 1.20. The van der Waals surface area contributed by atoms with Crippen LogP contribution < -0.4 is 0 Å². The lowest BCUT2D eigenvalue weighted by molar-refractivity contribution is 0.716. The minimum Gasteiger partial charge on any atom is -0.0454 e. The Morgan fingerprint density at radius 1 is 0.750 bits per heavy atom. The molecule has 0 saturated heterocycles. The Kier molecular flexibility index (Phi) is 1.46. The van der Waals surface area contributed by atoms with Crippen LogP contribution in [-0.2, 0) is 0 Å². The molecule has 0 atom stereocenters. The minimum atomic E-state index is -0.0799. The lowest BCUT2D eigenvalue weighted by Gasteiger charge is -2.48. The van der Waals surface area contributed by atoms with Crippen molar-refractivity contribution in [1.29, 1.82) is 0 Å². The molecule has 0 aromatic carbocycles. The van der Waals surface area contributed by atoms with Crippen molar-refractivity contribution in [2.75, 3.05) is 0 Å². The normalized spacial score (nSPS) is 31.5. The summed E-state index contributed by atoms with van der Waals surface area (Å²) in [5.41, 5.74) is 0. The molecule has 0 aromatic rings. The molecule has 0 heterocycles. The van der Waals surface area contributed by atoms with Gasteiger partial charge in [0.25, 0.3) is 0 Å². The van der Waals surface area contributed by atoms with Crippen LogP contribution in [-0.4, -0.2) is 41.0 Å². The van der Waals surface area contributed by atoms with E-state index in [-0.39, 0.29) is 9.32 Å². The van der Waals surface area contributed by atoms with Crippen molar-refractivity contribution in [2.45, 2.75) is 9.32 Å². The van der Waals surface area contributed by atoms with E-state index in [0.29, 0.717) is 0 Å². The van der Waals surface area contributed by atoms with Crippen molar-refractivity contribution in [3.05, 3.63) is 12.8 Å². The van der Waals surface area contributed by atoms with Crippen LogP contribution in [0.25, 0.3) is 0 Å². The summed E-state index contributed by atoms with van der Waals surface area (Å²) in [7, 11) is 13.7. The Morgan fingerprint density at radius 3 is 1.00 bits per heavy atom. The molecule has 1 aliphatic rings. The van der Waals surface area contributed by atoms with E-state index in [1.165, 1.54) is 0 Å². The van der Waals surface area contributed by atoms with E-state index in [1.54, 1.807) is 0 Å². The molecule has 0 aliphatic heterocycles. The lowest BCUT2D eigenvalue weighted by atomic mass is 9.96. The Balaban J connectivity index is 2.42. The Labute approximate surface area is 63.5 Å². The summed E-state index contributed by atoms with van der Waals surface area (Å²) in [4.78, 5) is 0. The van der Waals surface area contributed by atoms with Crippen molar-refractivity contribution >= 4 is 41.0 Å². The molecule has 0 N–H and O–H groups in total. The Morgan fingerprint density at radius 2 is 1.00 bits per heavy atom. The second kappa shape index (κ2) is 1.68. The summed E-state index contributed by atoms with van der Waals surface area (Å²) in [5, 5.41) is 0. The highest BCUT2D eigenvalue weighted by Gasteiger charge is 2.42. The number of hydrogen-bond acceptors (Lipinski definition) is 0. The first-order chi connectivity index (χ1) is 3.41. The summed E-state index contributed by atoms with van der Waals surface area (Å²) < 4.78 is -0.160. The van der Waals surface area contributed by atoms with Gasteiger partial charge in [0, 0.05) is 41.0 Å². The third-order valence-electron chi connectivity index (χ3n) is 0.911. The summed E-state index contributed by atoms with van der Waals surface area (Å²) in [6, 6.07) is 0. The van der Waals surface area contributed by atoms with Crippen molar-refractivity contribution in [3.63, 3.8) is 0 Å². The van der Waals surface area contributed by atoms with Gasteiger partial charge in [-0.3, -0.25) is 0 Å². The molecule has 0 amide bonds. The SMILES string of the molecule is [Si]C1([Si])[CH]C([Si])([Si])[CH]1. The summed E-state index contributed by atoms with van der Waals surface area (Å²) >= 11 is 0. The maximum atomic E-state index is 3.43. The van der Waals surface area contributed by atoms with Gasteiger partial charge in [0.2, 0.25) is 0 Å². The van der Waals surface area contributed by atoms with E-state index in [9.17, 15) is 0 Å². The van der Waals surface area contributed by atoms with Gasteiger partial charge in [-0.1, -0.05) is 0 Å². The fourth-order valence-corrected chi connectivity index (χ4v) is 3.68. The topological polar surface area (TPSA) is 0 Å². The first-order valence-electron chi connectivity index (χ1n) is 2.15. The van der Waals surface area contributed by atoms with Gasteiger partial charge in [-0.25, -0.2) is 0 Å². The van der Waals surface area contributed by atoms with Crippen molar-refractivity contribution in [3.8, 4) is 0 Å². The average molecular weight is 162 g/mol. The molecule has 14 radical (unpaired) electrons. The van der Waals surface area contributed by atoms with Gasteiger partial charge in [0.15, 0.2) is 0 Å². The van der Waals surface area contributed by atoms with Gasteiger partial charge in [0.05, 0.1) is 0 Å². The maximum absolute atomic E-state index is 3.43. The van der Waals surface area contributed by atoms with E-state index in [4.69, 9.17) is 0 Å². The summed E-state index contributed by atoms with van der Waals surface area (Å²) in [6.45, 7) is 0. The third-order valence-corrected chi connectivity index (χ3v) is 2.07. The van der Waals surface area contributed by atoms with Crippen molar-refractivity contribution < 1.29 is 0 Å². The van der Waals surface area contributed by atoms with Crippen LogP contribution in [0.3, 0.4) is 0 Å².